The summed E-state index contributed by atoms with van der Waals surface area (Å²) in [7, 11) is -3.72. The number of amidine groups is 1. The van der Waals surface area contributed by atoms with Crippen molar-refractivity contribution < 1.29 is 17.2 Å². The van der Waals surface area contributed by atoms with Crippen molar-refractivity contribution in [3.63, 3.8) is 0 Å². The molecule has 0 bridgehead atoms. The number of aryl methyl sites for hydroxylation is 1. The Morgan fingerprint density at radius 3 is 2.66 bits per heavy atom. The first kappa shape index (κ1) is 25.6. The fraction of sp³-hybridized carbons (Fsp3) is 0.375. The van der Waals surface area contributed by atoms with Crippen LogP contribution in [0.15, 0.2) is 52.9 Å². The van der Waals surface area contributed by atoms with Gasteiger partial charge >= 0.3 is 6.55 Å². The van der Waals surface area contributed by atoms with E-state index in [1.165, 1.54) is 23.7 Å². The molecule has 1 saturated carbocycles. The van der Waals surface area contributed by atoms with Gasteiger partial charge in [-0.2, -0.15) is 31.7 Å². The fourth-order valence-corrected chi connectivity index (χ4v) is 7.19. The zero-order valence-electron chi connectivity index (χ0n) is 20.2. The second-order valence-corrected chi connectivity index (χ2v) is 12.4. The van der Waals surface area contributed by atoms with Crippen molar-refractivity contribution in [2.45, 2.75) is 50.9 Å². The third-order valence-electron chi connectivity index (χ3n) is 6.67. The Morgan fingerprint density at radius 2 is 2.00 bits per heavy atom. The Labute approximate surface area is 227 Å². The van der Waals surface area contributed by atoms with E-state index in [0.29, 0.717) is 50.2 Å². The molecule has 1 aliphatic carbocycles. The number of hydrogen-bond donors (Lipinski definition) is 2. The number of nitrogens with zero attached hydrogens (tertiary/aromatic N) is 5. The lowest BCUT2D eigenvalue weighted by atomic mass is 9.90. The van der Waals surface area contributed by atoms with Crippen LogP contribution in [-0.2, 0) is 10.2 Å². The maximum Gasteiger partial charge on any atom is 0.333 e. The van der Waals surface area contributed by atoms with E-state index in [9.17, 15) is 17.2 Å². The van der Waals surface area contributed by atoms with Gasteiger partial charge in [0.1, 0.15) is 6.04 Å². The van der Waals surface area contributed by atoms with Crippen LogP contribution < -0.4 is 9.44 Å². The molecule has 2 atom stereocenters. The molecule has 2 fully saturated rings. The monoisotopic (exact) mass is 579 g/mol. The summed E-state index contributed by atoms with van der Waals surface area (Å²) >= 11 is 8.11. The Balaban J connectivity index is 1.48. The van der Waals surface area contributed by atoms with Crippen LogP contribution in [0.3, 0.4) is 0 Å². The first-order chi connectivity index (χ1) is 18.2. The third-order valence-corrected chi connectivity index (χ3v) is 9.05. The molecule has 2 aromatic heterocycles. The number of nitrogens with one attached hydrogen (secondary N) is 2. The predicted molar refractivity (Wildman–Crippen MR) is 141 cm³/mol. The largest absolute Gasteiger partial charge is 0.333 e. The first-order valence-electron chi connectivity index (χ1n) is 12.0. The molecule has 1 aromatic carbocycles. The van der Waals surface area contributed by atoms with Crippen LogP contribution >= 0.6 is 22.9 Å². The number of alkyl halides is 2. The molecule has 2 aliphatic heterocycles. The van der Waals surface area contributed by atoms with Crippen LogP contribution in [0, 0.1) is 6.92 Å². The number of aliphatic imine (C=N–C) groups is 1. The second kappa shape index (κ2) is 9.79. The number of aromatic nitrogens is 3. The molecule has 3 aromatic rings. The number of rotatable bonds is 8. The lowest BCUT2D eigenvalue weighted by Crippen LogP contribution is -2.45. The molecule has 0 amide bonds. The minimum atomic E-state index is -3.72. The molecule has 4 heterocycles. The zero-order valence-corrected chi connectivity index (χ0v) is 22.6. The molecule has 200 valence electrons. The van der Waals surface area contributed by atoms with Gasteiger partial charge < -0.3 is 4.90 Å². The van der Waals surface area contributed by atoms with Crippen LogP contribution in [0.25, 0.3) is 5.57 Å². The van der Waals surface area contributed by atoms with E-state index in [1.807, 2.05) is 35.4 Å². The summed E-state index contributed by atoms with van der Waals surface area (Å²) in [6, 6.07) is 4.50. The Hall–Kier alpha value is -2.71. The quantitative estimate of drug-likeness (QED) is 0.415. The predicted octanol–water partition coefficient (Wildman–Crippen LogP) is 4.27. The molecule has 9 nitrogen and oxygen atoms in total. The highest BCUT2D eigenvalue weighted by Crippen LogP contribution is 2.46. The number of halogens is 3. The highest BCUT2D eigenvalue weighted by atomic mass is 35.5. The maximum atomic E-state index is 13.5. The van der Waals surface area contributed by atoms with E-state index in [1.54, 1.807) is 6.20 Å². The topological polar surface area (TPSA) is 105 Å². The molecule has 0 spiro atoms. The third kappa shape index (κ3) is 5.00. The standard InChI is InChI=1S/C24H24ClF2N7O2S2/c1-13-2-5-17(18(25)8-13)21-20(14-10-29-34(11-14)24(26)27)19-9-16(32-38(35,36)31-15-3-4-15)12-33(19)22(30-21)23-28-6-7-37-23/h2,5-8,10-11,15-16,21,24,31-32H,3-4,9,12H2,1H3/t16?,21-/m0/s1. The lowest BCUT2D eigenvalue weighted by Gasteiger charge is -2.32. The SMILES string of the molecule is Cc1ccc([C@@H]2N=C(c3nccs3)N3CC(NS(=O)(=O)NC4CC4)CC3=C2c2cnn(C(F)F)c2)c(Cl)c1. The molecular weight excluding hydrogens is 556 g/mol. The normalized spacial score (nSPS) is 21.8. The van der Waals surface area contributed by atoms with Gasteiger partial charge in [0, 0.05) is 64.7 Å². The average molecular weight is 580 g/mol. The van der Waals surface area contributed by atoms with Gasteiger partial charge in [0.15, 0.2) is 10.8 Å². The van der Waals surface area contributed by atoms with E-state index < -0.39 is 28.8 Å². The van der Waals surface area contributed by atoms with E-state index in [2.05, 4.69) is 19.5 Å². The van der Waals surface area contributed by atoms with Crippen LogP contribution in [0.5, 0.6) is 0 Å². The summed E-state index contributed by atoms with van der Waals surface area (Å²) in [6.45, 7) is -0.570. The van der Waals surface area contributed by atoms with Gasteiger partial charge in [0.2, 0.25) is 0 Å². The number of hydrogen-bond acceptors (Lipinski definition) is 7. The summed E-state index contributed by atoms with van der Waals surface area (Å²) in [5.74, 6) is 0.582. The van der Waals surface area contributed by atoms with E-state index in [4.69, 9.17) is 16.6 Å². The summed E-state index contributed by atoms with van der Waals surface area (Å²) < 4.78 is 58.4. The number of fused-ring (bicyclic) bond motifs is 1. The summed E-state index contributed by atoms with van der Waals surface area (Å²) in [5.41, 5.74) is 3.56. The Bertz CT molecular complexity index is 1530. The molecule has 38 heavy (non-hydrogen) atoms. The van der Waals surface area contributed by atoms with Gasteiger partial charge in [-0.05, 0) is 37.0 Å². The fourth-order valence-electron chi connectivity index (χ4n) is 4.87. The van der Waals surface area contributed by atoms with Crippen molar-refractivity contribution in [2.24, 2.45) is 4.99 Å². The van der Waals surface area contributed by atoms with Crippen LogP contribution in [0.4, 0.5) is 8.78 Å². The average Bonchev–Trinajstić information content (AvgIpc) is 3.25. The summed E-state index contributed by atoms with van der Waals surface area (Å²) in [5, 5.41) is 6.86. The summed E-state index contributed by atoms with van der Waals surface area (Å²) in [6.07, 6.45) is 6.32. The van der Waals surface area contributed by atoms with Gasteiger partial charge in [-0.15, -0.1) is 11.3 Å². The smallest absolute Gasteiger partial charge is 0.326 e. The van der Waals surface area contributed by atoms with E-state index in [0.717, 1.165) is 24.1 Å². The molecule has 3 aliphatic rings. The van der Waals surface area contributed by atoms with Gasteiger partial charge in [0.25, 0.3) is 10.2 Å². The molecular formula is C24H24ClF2N7O2S2. The molecule has 1 saturated heterocycles. The van der Waals surface area contributed by atoms with Crippen molar-refractivity contribution in [3.8, 4) is 0 Å². The van der Waals surface area contributed by atoms with Gasteiger partial charge in [-0.1, -0.05) is 23.7 Å². The van der Waals surface area contributed by atoms with Gasteiger partial charge in [0.05, 0.1) is 6.20 Å². The van der Waals surface area contributed by atoms with Crippen LogP contribution in [0.1, 0.15) is 53.6 Å². The van der Waals surface area contributed by atoms with E-state index >= 15 is 0 Å². The number of benzene rings is 1. The van der Waals surface area contributed by atoms with Crippen molar-refractivity contribution in [1.82, 2.24) is 29.1 Å². The first-order valence-corrected chi connectivity index (χ1v) is 14.8. The van der Waals surface area contributed by atoms with E-state index in [-0.39, 0.29) is 6.04 Å². The van der Waals surface area contributed by atoms with Crippen molar-refractivity contribution >= 4 is 44.6 Å². The minimum absolute atomic E-state index is 0.0352. The van der Waals surface area contributed by atoms with Crippen molar-refractivity contribution in [2.75, 3.05) is 6.54 Å². The van der Waals surface area contributed by atoms with Crippen LogP contribution in [-0.4, -0.2) is 52.5 Å². The highest BCUT2D eigenvalue weighted by Gasteiger charge is 2.42. The highest BCUT2D eigenvalue weighted by molar-refractivity contribution is 7.87. The molecule has 6 rings (SSSR count). The summed E-state index contributed by atoms with van der Waals surface area (Å²) in [4.78, 5) is 11.4. The second-order valence-electron chi connectivity index (χ2n) is 9.59. The maximum absolute atomic E-state index is 13.5. The van der Waals surface area contributed by atoms with Crippen LogP contribution in [0.2, 0.25) is 5.02 Å². The van der Waals surface area contributed by atoms with Gasteiger partial charge in [-0.3, -0.25) is 4.99 Å². The molecule has 2 N–H and O–H groups in total. The Morgan fingerprint density at radius 1 is 1.21 bits per heavy atom. The molecule has 14 heteroatoms. The molecule has 0 radical (unpaired) electrons. The molecule has 1 unspecified atom stereocenters. The minimum Gasteiger partial charge on any atom is -0.326 e. The number of thiazole rings is 1. The Kier molecular flexibility index (Phi) is 6.59. The van der Waals surface area contributed by atoms with Crippen molar-refractivity contribution in [3.05, 3.63) is 74.6 Å². The van der Waals surface area contributed by atoms with Gasteiger partial charge in [-0.25, -0.2) is 9.67 Å². The van der Waals surface area contributed by atoms with Crippen molar-refractivity contribution in [1.29, 1.82) is 0 Å². The zero-order chi connectivity index (χ0) is 26.6. The lowest BCUT2D eigenvalue weighted by molar-refractivity contribution is 0.0566.